The Morgan fingerprint density at radius 2 is 1.83 bits per heavy atom. The minimum Gasteiger partial charge on any atom is -0.395 e. The number of aliphatic hydroxyl groups excluding tert-OH is 1. The second-order valence-corrected chi connectivity index (χ2v) is 7.55. The van der Waals surface area contributed by atoms with E-state index < -0.39 is 0 Å². The minimum absolute atomic E-state index is 0.0518. The monoisotopic (exact) mass is 411 g/mol. The number of urea groups is 1. The number of aromatic nitrogens is 1. The molecular weight excluding hydrogens is 378 g/mol. The minimum atomic E-state index is -0.167. The number of hydrogen-bond donors (Lipinski definition) is 2. The van der Waals surface area contributed by atoms with Crippen molar-refractivity contribution >= 4 is 11.8 Å². The number of anilines is 1. The molecule has 162 valence electrons. The van der Waals surface area contributed by atoms with E-state index in [2.05, 4.69) is 27.0 Å². The van der Waals surface area contributed by atoms with E-state index in [0.29, 0.717) is 19.6 Å². The lowest BCUT2D eigenvalue weighted by Crippen LogP contribution is -2.46. The van der Waals surface area contributed by atoms with Crippen molar-refractivity contribution in [2.45, 2.75) is 19.9 Å². The van der Waals surface area contributed by atoms with Gasteiger partial charge in [-0.1, -0.05) is 43.3 Å². The van der Waals surface area contributed by atoms with Crippen LogP contribution in [0.4, 0.5) is 10.6 Å². The molecule has 2 N–H and O–H groups in total. The van der Waals surface area contributed by atoms with Crippen molar-refractivity contribution in [1.82, 2.24) is 20.1 Å². The van der Waals surface area contributed by atoms with E-state index in [1.807, 2.05) is 48.7 Å². The molecule has 1 aromatic carbocycles. The number of carbonyl (C=O) groups is 1. The van der Waals surface area contributed by atoms with Crippen LogP contribution in [0.15, 0.2) is 48.7 Å². The van der Waals surface area contributed by atoms with Crippen molar-refractivity contribution in [3.63, 3.8) is 0 Å². The van der Waals surface area contributed by atoms with Gasteiger partial charge < -0.3 is 25.1 Å². The molecule has 0 spiro atoms. The van der Waals surface area contributed by atoms with Crippen molar-refractivity contribution in [3.8, 4) is 0 Å². The zero-order valence-electron chi connectivity index (χ0n) is 17.8. The van der Waals surface area contributed by atoms with Gasteiger partial charge in [0.1, 0.15) is 5.82 Å². The molecule has 2 aromatic rings. The number of pyridine rings is 1. The Kier molecular flexibility index (Phi) is 8.47. The number of rotatable bonds is 9. The van der Waals surface area contributed by atoms with Gasteiger partial charge in [-0.15, -0.1) is 0 Å². The van der Waals surface area contributed by atoms with Crippen LogP contribution in [0.5, 0.6) is 0 Å². The van der Waals surface area contributed by atoms with Gasteiger partial charge in [0.25, 0.3) is 0 Å². The normalized spacial score (nSPS) is 14.5. The molecule has 1 fully saturated rings. The molecule has 1 aromatic heterocycles. The number of aliphatic hydroxyl groups is 1. The van der Waals surface area contributed by atoms with Crippen LogP contribution in [0.1, 0.15) is 18.1 Å². The number of amides is 2. The van der Waals surface area contributed by atoms with Gasteiger partial charge in [0.15, 0.2) is 0 Å². The van der Waals surface area contributed by atoms with E-state index in [1.165, 1.54) is 5.56 Å². The molecule has 30 heavy (non-hydrogen) atoms. The van der Waals surface area contributed by atoms with Crippen LogP contribution in [-0.2, 0) is 13.0 Å². The first-order valence-electron chi connectivity index (χ1n) is 10.8. The Hall–Kier alpha value is -2.64. The highest BCUT2D eigenvalue weighted by Gasteiger charge is 2.17. The molecule has 0 saturated carbocycles. The highest BCUT2D eigenvalue weighted by atomic mass is 16.3. The molecular formula is C23H33N5O2. The molecule has 7 heteroatoms. The molecule has 0 aliphatic carbocycles. The number of benzene rings is 1. The van der Waals surface area contributed by atoms with E-state index in [9.17, 15) is 9.90 Å². The van der Waals surface area contributed by atoms with Gasteiger partial charge in [-0.25, -0.2) is 9.78 Å². The third kappa shape index (κ3) is 6.43. The fourth-order valence-electron chi connectivity index (χ4n) is 3.64. The average molecular weight is 412 g/mol. The van der Waals surface area contributed by atoms with Crippen LogP contribution in [0.2, 0.25) is 0 Å². The van der Waals surface area contributed by atoms with Crippen LogP contribution in [0.25, 0.3) is 0 Å². The summed E-state index contributed by atoms with van der Waals surface area (Å²) in [6, 6.07) is 13.9. The molecule has 0 radical (unpaired) electrons. The smallest absolute Gasteiger partial charge is 0.317 e. The molecule has 0 unspecified atom stereocenters. The molecule has 2 heterocycles. The lowest BCUT2D eigenvalue weighted by atomic mass is 10.1. The molecule has 3 rings (SSSR count). The van der Waals surface area contributed by atoms with Crippen molar-refractivity contribution in [3.05, 3.63) is 59.8 Å². The summed E-state index contributed by atoms with van der Waals surface area (Å²) in [6.07, 6.45) is 2.60. The van der Waals surface area contributed by atoms with Crippen LogP contribution in [0.3, 0.4) is 0 Å². The maximum absolute atomic E-state index is 12.6. The van der Waals surface area contributed by atoms with Crippen LogP contribution in [0, 0.1) is 0 Å². The van der Waals surface area contributed by atoms with E-state index in [1.54, 1.807) is 4.90 Å². The quantitative estimate of drug-likeness (QED) is 0.660. The molecule has 2 amide bonds. The Morgan fingerprint density at radius 1 is 1.07 bits per heavy atom. The number of likely N-dealkylation sites (N-methyl/N-ethyl adjacent to an activating group) is 1. The second kappa shape index (κ2) is 11.5. The van der Waals surface area contributed by atoms with Gasteiger partial charge in [-0.05, 0) is 30.2 Å². The molecule has 0 atom stereocenters. The zero-order chi connectivity index (χ0) is 21.2. The maximum Gasteiger partial charge on any atom is 0.317 e. The molecule has 1 saturated heterocycles. The summed E-state index contributed by atoms with van der Waals surface area (Å²) < 4.78 is 0. The summed E-state index contributed by atoms with van der Waals surface area (Å²) in [5, 5.41) is 12.3. The highest BCUT2D eigenvalue weighted by Crippen LogP contribution is 2.14. The van der Waals surface area contributed by atoms with Gasteiger partial charge in [0, 0.05) is 52.0 Å². The molecule has 1 aliphatic heterocycles. The lowest BCUT2D eigenvalue weighted by Gasteiger charge is -2.34. The zero-order valence-corrected chi connectivity index (χ0v) is 17.8. The van der Waals surface area contributed by atoms with Gasteiger partial charge >= 0.3 is 6.03 Å². The lowest BCUT2D eigenvalue weighted by molar-refractivity contribution is 0.177. The first-order valence-corrected chi connectivity index (χ1v) is 10.8. The second-order valence-electron chi connectivity index (χ2n) is 7.55. The predicted octanol–water partition coefficient (Wildman–Crippen LogP) is 1.97. The highest BCUT2D eigenvalue weighted by molar-refractivity contribution is 5.74. The van der Waals surface area contributed by atoms with Crippen molar-refractivity contribution in [1.29, 1.82) is 0 Å². The Labute approximate surface area is 179 Å². The van der Waals surface area contributed by atoms with Gasteiger partial charge in [-0.2, -0.15) is 0 Å². The SMILES string of the molecule is CCN1CCN(c2ccc(CNC(=O)N(CCO)CCc3ccccc3)cn2)CC1. The van der Waals surface area contributed by atoms with Crippen molar-refractivity contribution in [2.75, 3.05) is 57.3 Å². The third-order valence-electron chi connectivity index (χ3n) is 5.57. The van der Waals surface area contributed by atoms with Crippen molar-refractivity contribution < 1.29 is 9.90 Å². The maximum atomic E-state index is 12.6. The summed E-state index contributed by atoms with van der Waals surface area (Å²) >= 11 is 0. The van der Waals surface area contributed by atoms with E-state index in [4.69, 9.17) is 0 Å². The van der Waals surface area contributed by atoms with Gasteiger partial charge in [-0.3, -0.25) is 0 Å². The summed E-state index contributed by atoms with van der Waals surface area (Å²) in [6.45, 7) is 8.67. The summed E-state index contributed by atoms with van der Waals surface area (Å²) in [5.41, 5.74) is 2.14. The largest absolute Gasteiger partial charge is 0.395 e. The summed E-state index contributed by atoms with van der Waals surface area (Å²) in [5.74, 6) is 0.991. The van der Waals surface area contributed by atoms with Crippen LogP contribution >= 0.6 is 0 Å². The van der Waals surface area contributed by atoms with E-state index in [-0.39, 0.29) is 12.6 Å². The van der Waals surface area contributed by atoms with Gasteiger partial charge in [0.05, 0.1) is 6.61 Å². The van der Waals surface area contributed by atoms with Crippen molar-refractivity contribution in [2.24, 2.45) is 0 Å². The fourth-order valence-corrected chi connectivity index (χ4v) is 3.64. The fraction of sp³-hybridized carbons (Fsp3) is 0.478. The standard InChI is InChI=1S/C23H33N5O2/c1-2-26-12-14-27(15-13-26)22-9-8-21(18-24-22)19-25-23(30)28(16-17-29)11-10-20-6-4-3-5-7-20/h3-9,18,29H,2,10-17,19H2,1H3,(H,25,30). The average Bonchev–Trinajstić information content (AvgIpc) is 2.81. The number of nitrogens with one attached hydrogen (secondary N) is 1. The van der Waals surface area contributed by atoms with E-state index >= 15 is 0 Å². The summed E-state index contributed by atoms with van der Waals surface area (Å²) in [4.78, 5) is 23.6. The number of nitrogens with zero attached hydrogens (tertiary/aromatic N) is 4. The Morgan fingerprint density at radius 3 is 2.47 bits per heavy atom. The number of piperazine rings is 1. The summed E-state index contributed by atoms with van der Waals surface area (Å²) in [7, 11) is 0. The number of carbonyl (C=O) groups excluding carboxylic acids is 1. The molecule has 7 nitrogen and oxygen atoms in total. The Balaban J connectivity index is 1.47. The third-order valence-corrected chi connectivity index (χ3v) is 5.57. The predicted molar refractivity (Wildman–Crippen MR) is 120 cm³/mol. The first kappa shape index (κ1) is 22.1. The van der Waals surface area contributed by atoms with Gasteiger partial charge in [0.2, 0.25) is 0 Å². The molecule has 0 bridgehead atoms. The first-order chi connectivity index (χ1) is 14.7. The van der Waals surface area contributed by atoms with Crippen LogP contribution in [-0.4, -0.2) is 78.3 Å². The molecule has 1 aliphatic rings. The van der Waals surface area contributed by atoms with Crippen LogP contribution < -0.4 is 10.2 Å². The topological polar surface area (TPSA) is 71.9 Å². The number of hydrogen-bond acceptors (Lipinski definition) is 5. The van der Waals surface area contributed by atoms with E-state index in [0.717, 1.165) is 50.5 Å². The Bertz CT molecular complexity index is 761.